The van der Waals surface area contributed by atoms with E-state index >= 15 is 0 Å². The molecule has 1 aromatic heterocycles. The minimum absolute atomic E-state index is 0.163. The van der Waals surface area contributed by atoms with Gasteiger partial charge in [-0.05, 0) is 19.1 Å². The van der Waals surface area contributed by atoms with E-state index in [2.05, 4.69) is 9.97 Å². The summed E-state index contributed by atoms with van der Waals surface area (Å²) >= 11 is 6.69. The average Bonchev–Trinajstić information content (AvgIpc) is 2.30. The molecule has 0 aliphatic carbocycles. The smallest absolute Gasteiger partial charge is 0.217 e. The Morgan fingerprint density at radius 3 is 2.32 bits per heavy atom. The third kappa shape index (κ3) is 3.84. The van der Waals surface area contributed by atoms with Crippen molar-refractivity contribution < 1.29 is 13.2 Å². The van der Waals surface area contributed by atoms with Crippen molar-refractivity contribution in [3.8, 4) is 0 Å². The van der Waals surface area contributed by atoms with Crippen LogP contribution in [0.4, 0.5) is 13.2 Å². The molecule has 0 atom stereocenters. The molecular formula is C12H8ClF3N2S. The fourth-order valence-electron chi connectivity index (χ4n) is 1.30. The third-order valence-electron chi connectivity index (χ3n) is 2.17. The molecule has 0 spiro atoms. The minimum Gasteiger partial charge on any atom is -0.217 e. The molecule has 0 unspecified atom stereocenters. The summed E-state index contributed by atoms with van der Waals surface area (Å²) in [5.41, 5.74) is 1.07. The second-order valence-electron chi connectivity index (χ2n) is 3.77. The second-order valence-corrected chi connectivity index (χ2v) is 5.25. The number of hydrogen-bond acceptors (Lipinski definition) is 3. The zero-order valence-electron chi connectivity index (χ0n) is 9.70. The van der Waals surface area contributed by atoms with Gasteiger partial charge in [0, 0.05) is 11.0 Å². The molecule has 0 fully saturated rings. The predicted molar refractivity (Wildman–Crippen MR) is 67.3 cm³/mol. The maximum Gasteiger partial charge on any atom is 0.451 e. The zero-order chi connectivity index (χ0) is 14.0. The van der Waals surface area contributed by atoms with Crippen LogP contribution in [0.1, 0.15) is 11.4 Å². The highest BCUT2D eigenvalue weighted by Gasteiger charge is 2.35. The van der Waals surface area contributed by atoms with Gasteiger partial charge in [0.15, 0.2) is 0 Å². The van der Waals surface area contributed by atoms with Gasteiger partial charge in [-0.2, -0.15) is 13.2 Å². The van der Waals surface area contributed by atoms with Crippen molar-refractivity contribution in [1.29, 1.82) is 0 Å². The molecule has 1 heterocycles. The van der Waals surface area contributed by atoms with Crippen molar-refractivity contribution in [3.05, 3.63) is 46.9 Å². The van der Waals surface area contributed by atoms with Crippen LogP contribution in [-0.2, 0) is 6.18 Å². The molecule has 0 saturated carbocycles. The number of halogens is 4. The molecule has 100 valence electrons. The van der Waals surface area contributed by atoms with Gasteiger partial charge in [-0.1, -0.05) is 41.1 Å². The largest absolute Gasteiger partial charge is 0.451 e. The fraction of sp³-hybridized carbons (Fsp3) is 0.167. The first-order valence-electron chi connectivity index (χ1n) is 5.21. The molecular weight excluding hydrogens is 297 g/mol. The molecule has 0 radical (unpaired) electrons. The van der Waals surface area contributed by atoms with Crippen molar-refractivity contribution in [2.75, 3.05) is 0 Å². The van der Waals surface area contributed by atoms with Gasteiger partial charge in [0.1, 0.15) is 10.2 Å². The van der Waals surface area contributed by atoms with E-state index in [-0.39, 0.29) is 10.2 Å². The summed E-state index contributed by atoms with van der Waals surface area (Å²) in [7, 11) is 0. The van der Waals surface area contributed by atoms with E-state index < -0.39 is 12.0 Å². The summed E-state index contributed by atoms with van der Waals surface area (Å²) in [6.07, 6.45) is -4.60. The first-order valence-corrected chi connectivity index (χ1v) is 6.40. The molecule has 0 aliphatic rings. The van der Waals surface area contributed by atoms with Gasteiger partial charge in [-0.15, -0.1) is 0 Å². The Bertz CT molecular complexity index is 585. The highest BCUT2D eigenvalue weighted by Crippen LogP contribution is 2.32. The average molecular weight is 305 g/mol. The molecule has 0 aliphatic heterocycles. The lowest BCUT2D eigenvalue weighted by atomic mass is 10.2. The van der Waals surface area contributed by atoms with Crippen LogP contribution < -0.4 is 0 Å². The van der Waals surface area contributed by atoms with Gasteiger partial charge < -0.3 is 0 Å². The maximum absolute atomic E-state index is 12.5. The Morgan fingerprint density at radius 1 is 1.11 bits per heavy atom. The van der Waals surface area contributed by atoms with Gasteiger partial charge in [0.25, 0.3) is 0 Å². The standard InChI is InChI=1S/C12H8ClF3N2S/c1-7-2-4-8(5-3-7)19-10-6-9(13)17-11(18-10)12(14,15)16/h2-6H,1H3. The molecule has 2 rings (SSSR count). The topological polar surface area (TPSA) is 25.8 Å². The number of alkyl halides is 3. The summed E-state index contributed by atoms with van der Waals surface area (Å²) < 4.78 is 37.6. The van der Waals surface area contributed by atoms with E-state index in [0.717, 1.165) is 22.2 Å². The quantitative estimate of drug-likeness (QED) is 0.758. The number of hydrogen-bond donors (Lipinski definition) is 0. The highest BCUT2D eigenvalue weighted by molar-refractivity contribution is 7.99. The van der Waals surface area contributed by atoms with Crippen LogP contribution >= 0.6 is 23.4 Å². The van der Waals surface area contributed by atoms with Gasteiger partial charge in [0.05, 0.1) is 0 Å². The van der Waals surface area contributed by atoms with Crippen molar-refractivity contribution in [2.24, 2.45) is 0 Å². The minimum atomic E-state index is -4.60. The predicted octanol–water partition coefficient (Wildman–Crippen LogP) is 4.61. The number of nitrogens with zero attached hydrogens (tertiary/aromatic N) is 2. The first kappa shape index (κ1) is 14.1. The molecule has 19 heavy (non-hydrogen) atoms. The van der Waals surface area contributed by atoms with Crippen molar-refractivity contribution in [3.63, 3.8) is 0 Å². The first-order chi connectivity index (χ1) is 8.84. The van der Waals surface area contributed by atoms with E-state index in [0.29, 0.717) is 0 Å². The lowest BCUT2D eigenvalue weighted by Gasteiger charge is -2.07. The number of rotatable bonds is 2. The Balaban J connectivity index is 2.30. The van der Waals surface area contributed by atoms with Gasteiger partial charge in [-0.3, -0.25) is 0 Å². The fourth-order valence-corrected chi connectivity index (χ4v) is 2.37. The van der Waals surface area contributed by atoms with Crippen LogP contribution in [-0.4, -0.2) is 9.97 Å². The molecule has 0 saturated heterocycles. The van der Waals surface area contributed by atoms with Gasteiger partial charge in [0.2, 0.25) is 5.82 Å². The van der Waals surface area contributed by atoms with Crippen LogP contribution in [0.2, 0.25) is 5.15 Å². The summed E-state index contributed by atoms with van der Waals surface area (Å²) in [5.74, 6) is -1.23. The SMILES string of the molecule is Cc1ccc(Sc2cc(Cl)nc(C(F)(F)F)n2)cc1. The lowest BCUT2D eigenvalue weighted by molar-refractivity contribution is -0.145. The highest BCUT2D eigenvalue weighted by atomic mass is 35.5. The number of benzene rings is 1. The van der Waals surface area contributed by atoms with E-state index in [1.807, 2.05) is 31.2 Å². The summed E-state index contributed by atoms with van der Waals surface area (Å²) in [6, 6.07) is 8.67. The van der Waals surface area contributed by atoms with Crippen LogP contribution in [0.5, 0.6) is 0 Å². The maximum atomic E-state index is 12.5. The van der Waals surface area contributed by atoms with E-state index in [1.54, 1.807) is 0 Å². The number of aryl methyl sites for hydroxylation is 1. The molecule has 0 bridgehead atoms. The van der Waals surface area contributed by atoms with Crippen LogP contribution in [0, 0.1) is 6.92 Å². The molecule has 1 aromatic carbocycles. The Kier molecular flexibility index (Phi) is 4.01. The van der Waals surface area contributed by atoms with Crippen molar-refractivity contribution in [1.82, 2.24) is 9.97 Å². The molecule has 7 heteroatoms. The Hall–Kier alpha value is -1.27. The van der Waals surface area contributed by atoms with Crippen molar-refractivity contribution in [2.45, 2.75) is 23.0 Å². The van der Waals surface area contributed by atoms with E-state index in [9.17, 15) is 13.2 Å². The molecule has 2 aromatic rings. The van der Waals surface area contributed by atoms with E-state index in [4.69, 9.17) is 11.6 Å². The lowest BCUT2D eigenvalue weighted by Crippen LogP contribution is -2.11. The zero-order valence-corrected chi connectivity index (χ0v) is 11.3. The molecule has 0 amide bonds. The van der Waals surface area contributed by atoms with Crippen LogP contribution in [0.15, 0.2) is 40.3 Å². The monoisotopic (exact) mass is 304 g/mol. The molecule has 0 N–H and O–H groups in total. The Morgan fingerprint density at radius 2 is 1.74 bits per heavy atom. The summed E-state index contributed by atoms with van der Waals surface area (Å²) in [5, 5.41) is -0.0619. The van der Waals surface area contributed by atoms with E-state index in [1.165, 1.54) is 6.07 Å². The summed E-state index contributed by atoms with van der Waals surface area (Å²) in [6.45, 7) is 1.93. The number of aromatic nitrogens is 2. The van der Waals surface area contributed by atoms with Crippen molar-refractivity contribution >= 4 is 23.4 Å². The van der Waals surface area contributed by atoms with Gasteiger partial charge in [-0.25, -0.2) is 9.97 Å². The summed E-state index contributed by atoms with van der Waals surface area (Å²) in [4.78, 5) is 7.43. The van der Waals surface area contributed by atoms with Crippen LogP contribution in [0.3, 0.4) is 0 Å². The third-order valence-corrected chi connectivity index (χ3v) is 3.29. The normalized spacial score (nSPS) is 11.6. The van der Waals surface area contributed by atoms with Gasteiger partial charge >= 0.3 is 6.18 Å². The second kappa shape index (κ2) is 5.38. The Labute approximate surface area is 117 Å². The van der Waals surface area contributed by atoms with Crippen LogP contribution in [0.25, 0.3) is 0 Å². The molecule has 2 nitrogen and oxygen atoms in total.